The predicted octanol–water partition coefficient (Wildman–Crippen LogP) is 0.834. The van der Waals surface area contributed by atoms with E-state index in [0.29, 0.717) is 31.5 Å². The van der Waals surface area contributed by atoms with Gasteiger partial charge >= 0.3 is 0 Å². The quantitative estimate of drug-likeness (QED) is 0.800. The van der Waals surface area contributed by atoms with E-state index in [-0.39, 0.29) is 17.9 Å². The maximum atomic E-state index is 12.7. The van der Waals surface area contributed by atoms with Gasteiger partial charge in [0.15, 0.2) is 0 Å². The summed E-state index contributed by atoms with van der Waals surface area (Å²) in [6, 6.07) is 3.51. The predicted molar refractivity (Wildman–Crippen MR) is 97.9 cm³/mol. The molecule has 3 rings (SSSR count). The van der Waals surface area contributed by atoms with Crippen molar-refractivity contribution >= 4 is 17.6 Å². The van der Waals surface area contributed by atoms with E-state index in [1.165, 1.54) is 0 Å². The van der Waals surface area contributed by atoms with E-state index in [1.807, 2.05) is 19.0 Å². The first kappa shape index (κ1) is 17.9. The summed E-state index contributed by atoms with van der Waals surface area (Å²) in [5.41, 5.74) is 0.619. The highest BCUT2D eigenvalue weighted by atomic mass is 16.2. The summed E-state index contributed by atoms with van der Waals surface area (Å²) >= 11 is 0. The number of H-pyrrole nitrogens is 1. The Labute approximate surface area is 152 Å². The molecule has 1 fully saturated rings. The van der Waals surface area contributed by atoms with Gasteiger partial charge in [-0.25, -0.2) is 9.97 Å². The summed E-state index contributed by atoms with van der Waals surface area (Å²) in [4.78, 5) is 39.8. The fourth-order valence-corrected chi connectivity index (χ4v) is 3.01. The van der Waals surface area contributed by atoms with Crippen molar-refractivity contribution in [3.05, 3.63) is 42.1 Å². The van der Waals surface area contributed by atoms with Crippen molar-refractivity contribution in [2.24, 2.45) is 0 Å². The van der Waals surface area contributed by atoms with Crippen molar-refractivity contribution in [3.63, 3.8) is 0 Å². The minimum absolute atomic E-state index is 0.00166. The lowest BCUT2D eigenvalue weighted by atomic mass is 10.2. The smallest absolute Gasteiger partial charge is 0.254 e. The van der Waals surface area contributed by atoms with Crippen LogP contribution < -0.4 is 10.2 Å². The number of hydrogen-bond acceptors (Lipinski definition) is 5. The van der Waals surface area contributed by atoms with Gasteiger partial charge in [0.05, 0.1) is 0 Å². The average Bonchev–Trinajstić information content (AvgIpc) is 3.31. The molecule has 1 saturated heterocycles. The van der Waals surface area contributed by atoms with E-state index in [1.54, 1.807) is 35.6 Å². The molecule has 2 N–H and O–H groups in total. The Bertz CT molecular complexity index is 759. The second kappa shape index (κ2) is 7.99. The third kappa shape index (κ3) is 4.38. The molecule has 1 atom stereocenters. The Morgan fingerprint density at radius 3 is 2.92 bits per heavy atom. The number of nitrogens with one attached hydrogen (secondary N) is 2. The number of aromatic amines is 1. The van der Waals surface area contributed by atoms with E-state index in [9.17, 15) is 9.59 Å². The third-order valence-corrected chi connectivity index (χ3v) is 4.43. The number of carbonyl (C=O) groups excluding carboxylic acids is 2. The number of hydrogen-bond donors (Lipinski definition) is 2. The number of anilines is 1. The van der Waals surface area contributed by atoms with E-state index in [2.05, 4.69) is 20.3 Å². The van der Waals surface area contributed by atoms with Crippen LogP contribution in [0.25, 0.3) is 0 Å². The van der Waals surface area contributed by atoms with Gasteiger partial charge in [-0.3, -0.25) is 9.59 Å². The molecule has 0 bridgehead atoms. The summed E-state index contributed by atoms with van der Waals surface area (Å²) in [5, 5.41) is 3.01. The molecule has 8 heteroatoms. The number of rotatable bonds is 6. The first-order chi connectivity index (χ1) is 12.5. The van der Waals surface area contributed by atoms with Crippen molar-refractivity contribution in [2.45, 2.75) is 25.3 Å². The molecule has 1 aliphatic heterocycles. The molecule has 138 valence electrons. The molecule has 2 aromatic heterocycles. The van der Waals surface area contributed by atoms with Crippen LogP contribution in [0.15, 0.2) is 30.7 Å². The van der Waals surface area contributed by atoms with Gasteiger partial charge in [0.25, 0.3) is 5.91 Å². The van der Waals surface area contributed by atoms with Gasteiger partial charge in [-0.05, 0) is 18.6 Å². The highest BCUT2D eigenvalue weighted by Gasteiger charge is 2.28. The minimum atomic E-state index is -0.0252. The molecular formula is C18H24N6O2. The van der Waals surface area contributed by atoms with Gasteiger partial charge in [0.1, 0.15) is 11.6 Å². The van der Waals surface area contributed by atoms with Crippen molar-refractivity contribution < 1.29 is 9.59 Å². The summed E-state index contributed by atoms with van der Waals surface area (Å²) < 4.78 is 0. The van der Waals surface area contributed by atoms with E-state index >= 15 is 0 Å². The average molecular weight is 356 g/mol. The SMILES string of the molecule is CN(C)c1cc(C(=O)N2CCC(NC(=O)CCc3ncc[nH]3)C2)ccn1. The maximum absolute atomic E-state index is 12.7. The topological polar surface area (TPSA) is 94.2 Å². The van der Waals surface area contributed by atoms with Crippen LogP contribution in [0.2, 0.25) is 0 Å². The zero-order valence-corrected chi connectivity index (χ0v) is 15.1. The molecule has 8 nitrogen and oxygen atoms in total. The van der Waals surface area contributed by atoms with Crippen LogP contribution in [0.3, 0.4) is 0 Å². The fourth-order valence-electron chi connectivity index (χ4n) is 3.01. The number of pyridine rings is 1. The standard InChI is InChI=1S/C18H24N6O2/c1-23(2)16-11-13(5-7-21-16)18(26)24-10-6-14(12-24)22-17(25)4-3-15-19-8-9-20-15/h5,7-9,11,14H,3-4,6,10,12H2,1-2H3,(H,19,20)(H,22,25). The normalized spacial score (nSPS) is 16.5. The number of amides is 2. The largest absolute Gasteiger partial charge is 0.363 e. The van der Waals surface area contributed by atoms with Crippen LogP contribution in [0.5, 0.6) is 0 Å². The number of nitrogens with zero attached hydrogens (tertiary/aromatic N) is 4. The first-order valence-electron chi connectivity index (χ1n) is 8.73. The maximum Gasteiger partial charge on any atom is 0.254 e. The number of aromatic nitrogens is 3. The lowest BCUT2D eigenvalue weighted by Gasteiger charge is -2.18. The summed E-state index contributed by atoms with van der Waals surface area (Å²) in [5.74, 6) is 1.51. The molecule has 26 heavy (non-hydrogen) atoms. The van der Waals surface area contributed by atoms with Crippen LogP contribution in [0, 0.1) is 0 Å². The molecule has 0 spiro atoms. The number of carbonyl (C=O) groups is 2. The van der Waals surface area contributed by atoms with Crippen molar-refractivity contribution in [2.75, 3.05) is 32.1 Å². The summed E-state index contributed by atoms with van der Waals surface area (Å²) in [6.45, 7) is 1.17. The van der Waals surface area contributed by atoms with Crippen LogP contribution in [0.1, 0.15) is 29.0 Å². The highest BCUT2D eigenvalue weighted by Crippen LogP contribution is 2.16. The Kier molecular flexibility index (Phi) is 5.50. The number of likely N-dealkylation sites (tertiary alicyclic amines) is 1. The molecule has 0 aromatic carbocycles. The van der Waals surface area contributed by atoms with Gasteiger partial charge < -0.3 is 20.1 Å². The molecule has 3 heterocycles. The molecule has 0 aliphatic carbocycles. The molecular weight excluding hydrogens is 332 g/mol. The van der Waals surface area contributed by atoms with Gasteiger partial charge in [-0.1, -0.05) is 0 Å². The van der Waals surface area contributed by atoms with Crippen LogP contribution in [-0.4, -0.2) is 64.9 Å². The van der Waals surface area contributed by atoms with Gasteiger partial charge in [-0.2, -0.15) is 0 Å². The second-order valence-electron chi connectivity index (χ2n) is 6.64. The highest BCUT2D eigenvalue weighted by molar-refractivity contribution is 5.95. The lowest BCUT2D eigenvalue weighted by Crippen LogP contribution is -2.38. The van der Waals surface area contributed by atoms with E-state index in [0.717, 1.165) is 18.1 Å². The van der Waals surface area contributed by atoms with Gasteiger partial charge in [0.2, 0.25) is 5.91 Å². The van der Waals surface area contributed by atoms with Crippen molar-refractivity contribution in [3.8, 4) is 0 Å². The van der Waals surface area contributed by atoms with Gasteiger partial charge in [0, 0.05) is 70.2 Å². The first-order valence-corrected chi connectivity index (χ1v) is 8.73. The van der Waals surface area contributed by atoms with E-state index < -0.39 is 0 Å². The number of aryl methyl sites for hydroxylation is 1. The van der Waals surface area contributed by atoms with E-state index in [4.69, 9.17) is 0 Å². The monoisotopic (exact) mass is 356 g/mol. The third-order valence-electron chi connectivity index (χ3n) is 4.43. The Balaban J connectivity index is 1.50. The Morgan fingerprint density at radius 1 is 1.35 bits per heavy atom. The van der Waals surface area contributed by atoms with Gasteiger partial charge in [-0.15, -0.1) is 0 Å². The second-order valence-corrected chi connectivity index (χ2v) is 6.64. The Hall–Kier alpha value is -2.90. The zero-order chi connectivity index (χ0) is 18.5. The molecule has 0 saturated carbocycles. The van der Waals surface area contributed by atoms with Crippen LogP contribution in [0.4, 0.5) is 5.82 Å². The lowest BCUT2D eigenvalue weighted by molar-refractivity contribution is -0.121. The molecule has 1 aliphatic rings. The zero-order valence-electron chi connectivity index (χ0n) is 15.1. The van der Waals surface area contributed by atoms with Crippen molar-refractivity contribution in [1.82, 2.24) is 25.2 Å². The van der Waals surface area contributed by atoms with Crippen molar-refractivity contribution in [1.29, 1.82) is 0 Å². The molecule has 2 aromatic rings. The fraction of sp³-hybridized carbons (Fsp3) is 0.444. The number of imidazole rings is 1. The summed E-state index contributed by atoms with van der Waals surface area (Å²) in [6.07, 6.45) is 6.80. The summed E-state index contributed by atoms with van der Waals surface area (Å²) in [7, 11) is 3.78. The molecule has 2 amide bonds. The molecule has 1 unspecified atom stereocenters. The van der Waals surface area contributed by atoms with Crippen LogP contribution >= 0.6 is 0 Å². The Morgan fingerprint density at radius 2 is 2.19 bits per heavy atom. The minimum Gasteiger partial charge on any atom is -0.363 e. The molecule has 0 radical (unpaired) electrons. The van der Waals surface area contributed by atoms with Crippen LogP contribution in [-0.2, 0) is 11.2 Å².